The van der Waals surface area contributed by atoms with E-state index >= 15 is 0 Å². The van der Waals surface area contributed by atoms with Crippen molar-refractivity contribution in [2.24, 2.45) is 4.99 Å². The molecule has 3 rings (SSSR count). The fourth-order valence-corrected chi connectivity index (χ4v) is 4.08. The van der Waals surface area contributed by atoms with Gasteiger partial charge in [-0.1, -0.05) is 6.92 Å². The van der Waals surface area contributed by atoms with Crippen molar-refractivity contribution >= 4 is 41.3 Å². The molecule has 0 aromatic carbocycles. The molecule has 2 aliphatic heterocycles. The lowest BCUT2D eigenvalue weighted by Gasteiger charge is -2.32. The predicted octanol–water partition coefficient (Wildman–Crippen LogP) is 2.20. The molecule has 2 saturated heterocycles. The van der Waals surface area contributed by atoms with Gasteiger partial charge in [0.2, 0.25) is 0 Å². The van der Waals surface area contributed by atoms with E-state index in [1.807, 2.05) is 0 Å². The molecule has 1 unspecified atom stereocenters. The highest BCUT2D eigenvalue weighted by Crippen LogP contribution is 2.17. The van der Waals surface area contributed by atoms with Gasteiger partial charge in [0.1, 0.15) is 0 Å². The number of halogens is 1. The highest BCUT2D eigenvalue weighted by molar-refractivity contribution is 14.0. The third-order valence-corrected chi connectivity index (χ3v) is 5.69. The number of aryl methyl sites for hydroxylation is 1. The van der Waals surface area contributed by atoms with E-state index in [2.05, 4.69) is 39.3 Å². The summed E-state index contributed by atoms with van der Waals surface area (Å²) in [6.45, 7) is 11.8. The molecule has 3 heterocycles. The van der Waals surface area contributed by atoms with Crippen LogP contribution in [0.2, 0.25) is 0 Å². The Bertz CT molecular complexity index is 547. The minimum Gasteiger partial charge on any atom is -0.379 e. The molecule has 2 fully saturated rings. The summed E-state index contributed by atoms with van der Waals surface area (Å²) >= 11 is 1.73. The number of nitrogens with one attached hydrogen (secondary N) is 1. The lowest BCUT2D eigenvalue weighted by Crippen LogP contribution is -2.46. The van der Waals surface area contributed by atoms with Crippen LogP contribution >= 0.6 is 35.3 Å². The van der Waals surface area contributed by atoms with Crippen LogP contribution in [0.3, 0.4) is 0 Å². The van der Waals surface area contributed by atoms with Crippen molar-refractivity contribution in [3.8, 4) is 0 Å². The highest BCUT2D eigenvalue weighted by atomic mass is 127. The van der Waals surface area contributed by atoms with Crippen LogP contribution in [-0.4, -0.2) is 72.7 Å². The molecule has 0 radical (unpaired) electrons. The fourth-order valence-electron chi connectivity index (χ4n) is 3.34. The van der Waals surface area contributed by atoms with Crippen molar-refractivity contribution < 1.29 is 4.74 Å². The van der Waals surface area contributed by atoms with Gasteiger partial charge in [-0.25, -0.2) is 9.98 Å². The van der Waals surface area contributed by atoms with Gasteiger partial charge in [0.05, 0.1) is 30.5 Å². The van der Waals surface area contributed by atoms with Crippen LogP contribution < -0.4 is 5.32 Å². The van der Waals surface area contributed by atoms with E-state index in [-0.39, 0.29) is 24.0 Å². The monoisotopic (exact) mass is 479 g/mol. The van der Waals surface area contributed by atoms with E-state index in [0.29, 0.717) is 12.6 Å². The van der Waals surface area contributed by atoms with Crippen molar-refractivity contribution in [1.82, 2.24) is 20.1 Å². The second-order valence-electron chi connectivity index (χ2n) is 6.29. The topological polar surface area (TPSA) is 53.0 Å². The number of aliphatic imine (C=N–C) groups is 1. The first-order valence-corrected chi connectivity index (χ1v) is 9.96. The number of hydrogen-bond donors (Lipinski definition) is 1. The average Bonchev–Trinajstić information content (AvgIpc) is 3.29. The second kappa shape index (κ2) is 10.6. The Morgan fingerprint density at radius 1 is 1.36 bits per heavy atom. The maximum Gasteiger partial charge on any atom is 0.194 e. The van der Waals surface area contributed by atoms with Gasteiger partial charge >= 0.3 is 0 Å². The van der Waals surface area contributed by atoms with Gasteiger partial charge in [-0.2, -0.15) is 0 Å². The maximum atomic E-state index is 5.47. The first kappa shape index (κ1) is 20.9. The zero-order valence-corrected chi connectivity index (χ0v) is 18.4. The predicted molar refractivity (Wildman–Crippen MR) is 114 cm³/mol. The Balaban J connectivity index is 0.00000225. The summed E-state index contributed by atoms with van der Waals surface area (Å²) in [5.74, 6) is 1.03. The van der Waals surface area contributed by atoms with Gasteiger partial charge in [-0.15, -0.1) is 35.3 Å². The Kier molecular flexibility index (Phi) is 8.88. The number of aromatic nitrogens is 1. The van der Waals surface area contributed by atoms with Crippen LogP contribution in [0, 0.1) is 0 Å². The first-order valence-electron chi connectivity index (χ1n) is 9.08. The molecule has 0 bridgehead atoms. The van der Waals surface area contributed by atoms with Crippen LogP contribution in [0.4, 0.5) is 0 Å². The van der Waals surface area contributed by atoms with Crippen molar-refractivity contribution in [3.63, 3.8) is 0 Å². The highest BCUT2D eigenvalue weighted by Gasteiger charge is 2.30. The first-order chi connectivity index (χ1) is 11.8. The third kappa shape index (κ3) is 5.77. The van der Waals surface area contributed by atoms with Crippen molar-refractivity contribution in [2.45, 2.75) is 39.3 Å². The van der Waals surface area contributed by atoms with E-state index in [1.165, 1.54) is 11.4 Å². The smallest absolute Gasteiger partial charge is 0.194 e. The van der Waals surface area contributed by atoms with Gasteiger partial charge in [0.15, 0.2) is 5.96 Å². The number of hydrogen-bond acceptors (Lipinski definition) is 5. The Hall–Kier alpha value is -0.450. The van der Waals surface area contributed by atoms with Crippen LogP contribution in [0.5, 0.6) is 0 Å². The van der Waals surface area contributed by atoms with Crippen LogP contribution in [-0.2, 0) is 17.7 Å². The number of ether oxygens (including phenoxy) is 1. The number of morpholine rings is 1. The van der Waals surface area contributed by atoms with Gasteiger partial charge in [-0.3, -0.25) is 4.90 Å². The fraction of sp³-hybridized carbons (Fsp3) is 0.765. The molecule has 0 amide bonds. The minimum absolute atomic E-state index is 0. The van der Waals surface area contributed by atoms with Crippen molar-refractivity contribution in [2.75, 3.05) is 45.9 Å². The van der Waals surface area contributed by atoms with Gasteiger partial charge in [-0.05, 0) is 19.8 Å². The molecule has 0 saturated carbocycles. The SMILES string of the molecule is CCNC(=NCc1csc(CC)n1)N1CCC(N2CCOCC2)C1.I. The Labute approximate surface area is 172 Å². The molecule has 8 heteroatoms. The zero-order valence-electron chi connectivity index (χ0n) is 15.2. The molecular weight excluding hydrogens is 449 g/mol. The van der Waals surface area contributed by atoms with Crippen LogP contribution in [0.25, 0.3) is 0 Å². The lowest BCUT2D eigenvalue weighted by atomic mass is 10.2. The lowest BCUT2D eigenvalue weighted by molar-refractivity contribution is 0.0195. The largest absolute Gasteiger partial charge is 0.379 e. The summed E-state index contributed by atoms with van der Waals surface area (Å²) in [5.41, 5.74) is 1.08. The maximum absolute atomic E-state index is 5.47. The molecule has 1 aromatic heterocycles. The number of thiazole rings is 1. The number of likely N-dealkylation sites (tertiary alicyclic amines) is 1. The quantitative estimate of drug-likeness (QED) is 0.399. The number of rotatable bonds is 5. The molecule has 142 valence electrons. The van der Waals surface area contributed by atoms with E-state index in [1.54, 1.807) is 11.3 Å². The molecule has 0 spiro atoms. The van der Waals surface area contributed by atoms with Crippen LogP contribution in [0.15, 0.2) is 10.4 Å². The zero-order chi connectivity index (χ0) is 16.8. The van der Waals surface area contributed by atoms with Crippen LogP contribution in [0.1, 0.15) is 31.0 Å². The molecule has 6 nitrogen and oxygen atoms in total. The minimum atomic E-state index is 0. The van der Waals surface area contributed by atoms with E-state index in [9.17, 15) is 0 Å². The third-order valence-electron chi connectivity index (χ3n) is 4.65. The summed E-state index contributed by atoms with van der Waals surface area (Å²) < 4.78 is 5.47. The average molecular weight is 479 g/mol. The molecule has 1 N–H and O–H groups in total. The molecule has 0 aliphatic carbocycles. The van der Waals surface area contributed by atoms with Crippen molar-refractivity contribution in [3.05, 3.63) is 16.1 Å². The second-order valence-corrected chi connectivity index (χ2v) is 7.24. The van der Waals surface area contributed by atoms with E-state index < -0.39 is 0 Å². The van der Waals surface area contributed by atoms with Gasteiger partial charge in [0, 0.05) is 44.1 Å². The Morgan fingerprint density at radius 3 is 2.84 bits per heavy atom. The summed E-state index contributed by atoms with van der Waals surface area (Å²) in [5, 5.41) is 6.77. The van der Waals surface area contributed by atoms with Gasteiger partial charge < -0.3 is 15.0 Å². The Morgan fingerprint density at radius 2 is 2.16 bits per heavy atom. The van der Waals surface area contributed by atoms with Gasteiger partial charge in [0.25, 0.3) is 0 Å². The summed E-state index contributed by atoms with van der Waals surface area (Å²) in [6.07, 6.45) is 2.21. The summed E-state index contributed by atoms with van der Waals surface area (Å²) in [7, 11) is 0. The molecule has 1 atom stereocenters. The summed E-state index contributed by atoms with van der Waals surface area (Å²) in [4.78, 5) is 14.4. The number of guanidine groups is 1. The molecule has 1 aromatic rings. The number of nitrogens with zero attached hydrogens (tertiary/aromatic N) is 4. The summed E-state index contributed by atoms with van der Waals surface area (Å²) in [6, 6.07) is 0.628. The van der Waals surface area contributed by atoms with E-state index in [0.717, 1.165) is 64.0 Å². The van der Waals surface area contributed by atoms with Crippen molar-refractivity contribution in [1.29, 1.82) is 0 Å². The molecular formula is C17H30IN5OS. The standard InChI is InChI=1S/C17H29N5OS.HI/c1-3-16-20-14(13-24-16)11-19-17(18-4-2)22-6-5-15(12-22)21-7-9-23-10-8-21;/h13,15H,3-12H2,1-2H3,(H,18,19);1H. The molecule has 25 heavy (non-hydrogen) atoms. The molecule has 2 aliphatic rings. The van der Waals surface area contributed by atoms with E-state index in [4.69, 9.17) is 9.73 Å². The normalized spacial score (nSPS) is 22.1.